The molecule has 0 bridgehead atoms. The zero-order chi connectivity index (χ0) is 16.9. The van der Waals surface area contributed by atoms with Gasteiger partial charge in [0, 0.05) is 30.9 Å². The number of carbonyl (C=O) groups excluding carboxylic acids is 2. The van der Waals surface area contributed by atoms with Crippen LogP contribution in [0.4, 0.5) is 16.2 Å². The average molecular weight is 319 g/mol. The van der Waals surface area contributed by atoms with Gasteiger partial charge in [-0.2, -0.15) is 0 Å². The SMILES string of the molecule is CC(C)(C)OC(=O)NCCCNc1ccc2c(c1)CCC(=O)N2. The molecule has 0 aromatic heterocycles. The summed E-state index contributed by atoms with van der Waals surface area (Å²) in [5.41, 5.74) is 2.61. The van der Waals surface area contributed by atoms with Crippen LogP contribution < -0.4 is 16.0 Å². The molecule has 0 aliphatic carbocycles. The van der Waals surface area contributed by atoms with Gasteiger partial charge in [-0.1, -0.05) is 0 Å². The van der Waals surface area contributed by atoms with Crippen LogP contribution in [0.3, 0.4) is 0 Å². The Labute approximate surface area is 137 Å². The van der Waals surface area contributed by atoms with Crippen LogP contribution in [0.5, 0.6) is 0 Å². The quantitative estimate of drug-likeness (QED) is 0.729. The number of fused-ring (bicyclic) bond motifs is 1. The van der Waals surface area contributed by atoms with Crippen molar-refractivity contribution in [2.45, 2.75) is 45.6 Å². The van der Waals surface area contributed by atoms with Gasteiger partial charge >= 0.3 is 6.09 Å². The monoisotopic (exact) mass is 319 g/mol. The Balaban J connectivity index is 1.69. The molecule has 6 heteroatoms. The van der Waals surface area contributed by atoms with Gasteiger partial charge in [0.05, 0.1) is 0 Å². The smallest absolute Gasteiger partial charge is 0.407 e. The molecule has 0 saturated heterocycles. The molecule has 1 aromatic carbocycles. The molecule has 23 heavy (non-hydrogen) atoms. The largest absolute Gasteiger partial charge is 0.444 e. The molecular weight excluding hydrogens is 294 g/mol. The van der Waals surface area contributed by atoms with Crippen molar-refractivity contribution < 1.29 is 14.3 Å². The molecule has 0 radical (unpaired) electrons. The van der Waals surface area contributed by atoms with E-state index in [0.717, 1.165) is 36.3 Å². The molecule has 3 N–H and O–H groups in total. The highest BCUT2D eigenvalue weighted by Gasteiger charge is 2.16. The summed E-state index contributed by atoms with van der Waals surface area (Å²) < 4.78 is 5.17. The van der Waals surface area contributed by atoms with Gasteiger partial charge in [0.1, 0.15) is 5.60 Å². The number of nitrogens with one attached hydrogen (secondary N) is 3. The predicted octanol–water partition coefficient (Wildman–Crippen LogP) is 2.90. The van der Waals surface area contributed by atoms with Gasteiger partial charge in [0.15, 0.2) is 0 Å². The van der Waals surface area contributed by atoms with Gasteiger partial charge in [-0.3, -0.25) is 4.79 Å². The van der Waals surface area contributed by atoms with Gasteiger partial charge in [-0.05, 0) is 57.4 Å². The molecule has 0 saturated carbocycles. The van der Waals surface area contributed by atoms with Crippen LogP contribution in [0, 0.1) is 0 Å². The molecule has 2 amide bonds. The fourth-order valence-electron chi connectivity index (χ4n) is 2.32. The standard InChI is InChI=1S/C17H25N3O3/c1-17(2,3)23-16(22)19-10-4-9-18-13-6-7-14-12(11-13)5-8-15(21)20-14/h6-7,11,18H,4-5,8-10H2,1-3H3,(H,19,22)(H,20,21). The molecule has 1 aliphatic rings. The molecular formula is C17H25N3O3. The summed E-state index contributed by atoms with van der Waals surface area (Å²) in [6.45, 7) is 6.83. The maximum absolute atomic E-state index is 11.5. The number of rotatable bonds is 5. The lowest BCUT2D eigenvalue weighted by Gasteiger charge is -2.20. The summed E-state index contributed by atoms with van der Waals surface area (Å²) in [5, 5.41) is 8.92. The van der Waals surface area contributed by atoms with E-state index in [1.54, 1.807) is 0 Å². The maximum atomic E-state index is 11.5. The van der Waals surface area contributed by atoms with Crippen molar-refractivity contribution >= 4 is 23.4 Å². The zero-order valence-corrected chi connectivity index (χ0v) is 14.0. The highest BCUT2D eigenvalue weighted by molar-refractivity contribution is 5.94. The summed E-state index contributed by atoms with van der Waals surface area (Å²) in [5.74, 6) is 0.0754. The number of alkyl carbamates (subject to hydrolysis) is 1. The second-order valence-corrected chi connectivity index (χ2v) is 6.63. The van der Waals surface area contributed by atoms with Crippen LogP contribution >= 0.6 is 0 Å². The molecule has 0 spiro atoms. The topological polar surface area (TPSA) is 79.5 Å². The fraction of sp³-hybridized carbons (Fsp3) is 0.529. The van der Waals surface area contributed by atoms with Crippen LogP contribution in [0.25, 0.3) is 0 Å². The van der Waals surface area contributed by atoms with E-state index in [1.165, 1.54) is 0 Å². The van der Waals surface area contributed by atoms with Crippen LogP contribution in [-0.2, 0) is 16.0 Å². The lowest BCUT2D eigenvalue weighted by Crippen LogP contribution is -2.33. The highest BCUT2D eigenvalue weighted by atomic mass is 16.6. The Hall–Kier alpha value is -2.24. The fourth-order valence-corrected chi connectivity index (χ4v) is 2.32. The summed E-state index contributed by atoms with van der Waals surface area (Å²) in [4.78, 5) is 22.8. The molecule has 1 aromatic rings. The Morgan fingerprint density at radius 1 is 1.26 bits per heavy atom. The van der Waals surface area contributed by atoms with E-state index in [-0.39, 0.29) is 12.0 Å². The molecule has 1 aliphatic heterocycles. The average Bonchev–Trinajstić information content (AvgIpc) is 2.45. The first-order valence-electron chi connectivity index (χ1n) is 7.97. The van der Waals surface area contributed by atoms with Gasteiger partial charge in [-0.15, -0.1) is 0 Å². The molecule has 126 valence electrons. The van der Waals surface area contributed by atoms with E-state index in [4.69, 9.17) is 4.74 Å². The van der Waals surface area contributed by atoms with Gasteiger partial charge in [-0.25, -0.2) is 4.79 Å². The third kappa shape index (κ3) is 5.81. The van der Waals surface area contributed by atoms with E-state index in [2.05, 4.69) is 22.0 Å². The number of amides is 2. The first kappa shape index (κ1) is 17.1. The minimum absolute atomic E-state index is 0.0754. The summed E-state index contributed by atoms with van der Waals surface area (Å²) in [6.07, 6.45) is 1.72. The molecule has 0 atom stereocenters. The van der Waals surface area contributed by atoms with Crippen LogP contribution in [0.2, 0.25) is 0 Å². The highest BCUT2D eigenvalue weighted by Crippen LogP contribution is 2.25. The molecule has 1 heterocycles. The van der Waals surface area contributed by atoms with Gasteiger partial charge < -0.3 is 20.7 Å². The van der Waals surface area contributed by atoms with E-state index >= 15 is 0 Å². The second-order valence-electron chi connectivity index (χ2n) is 6.63. The van der Waals surface area contributed by atoms with Crippen LogP contribution in [0.1, 0.15) is 39.2 Å². The number of hydrogen-bond acceptors (Lipinski definition) is 4. The number of carbonyl (C=O) groups is 2. The van der Waals surface area contributed by atoms with Crippen molar-refractivity contribution in [3.63, 3.8) is 0 Å². The molecule has 0 unspecified atom stereocenters. The van der Waals surface area contributed by atoms with Gasteiger partial charge in [0.2, 0.25) is 5.91 Å². The second kappa shape index (κ2) is 7.35. The summed E-state index contributed by atoms with van der Waals surface area (Å²) >= 11 is 0. The lowest BCUT2D eigenvalue weighted by molar-refractivity contribution is -0.116. The minimum Gasteiger partial charge on any atom is -0.444 e. The van der Waals surface area contributed by atoms with Crippen molar-refractivity contribution in [3.05, 3.63) is 23.8 Å². The Kier molecular flexibility index (Phi) is 5.47. The van der Waals surface area contributed by atoms with E-state index in [1.807, 2.05) is 32.9 Å². The summed E-state index contributed by atoms with van der Waals surface area (Å²) in [6, 6.07) is 5.94. The molecule has 6 nitrogen and oxygen atoms in total. The third-order valence-corrected chi connectivity index (χ3v) is 3.35. The van der Waals surface area contributed by atoms with E-state index in [0.29, 0.717) is 13.0 Å². The van der Waals surface area contributed by atoms with Crippen molar-refractivity contribution in [2.24, 2.45) is 0 Å². The third-order valence-electron chi connectivity index (χ3n) is 3.35. The predicted molar refractivity (Wildman–Crippen MR) is 90.7 cm³/mol. The Morgan fingerprint density at radius 2 is 2.04 bits per heavy atom. The van der Waals surface area contributed by atoms with E-state index in [9.17, 15) is 9.59 Å². The van der Waals surface area contributed by atoms with E-state index < -0.39 is 5.60 Å². The van der Waals surface area contributed by atoms with Gasteiger partial charge in [0.25, 0.3) is 0 Å². The Morgan fingerprint density at radius 3 is 2.78 bits per heavy atom. The minimum atomic E-state index is -0.471. The Bertz CT molecular complexity index is 579. The maximum Gasteiger partial charge on any atom is 0.407 e. The lowest BCUT2D eigenvalue weighted by atomic mass is 10.0. The first-order valence-corrected chi connectivity index (χ1v) is 7.97. The van der Waals surface area contributed by atoms with Crippen LogP contribution in [-0.4, -0.2) is 30.7 Å². The molecule has 2 rings (SSSR count). The van der Waals surface area contributed by atoms with Crippen molar-refractivity contribution in [3.8, 4) is 0 Å². The van der Waals surface area contributed by atoms with Crippen molar-refractivity contribution in [1.82, 2.24) is 5.32 Å². The summed E-state index contributed by atoms with van der Waals surface area (Å²) in [7, 11) is 0. The first-order chi connectivity index (χ1) is 10.8. The number of anilines is 2. The number of hydrogen-bond donors (Lipinski definition) is 3. The van der Waals surface area contributed by atoms with Crippen molar-refractivity contribution in [2.75, 3.05) is 23.7 Å². The normalized spacial score (nSPS) is 13.8. The number of ether oxygens (including phenoxy) is 1. The number of benzene rings is 1. The molecule has 0 fully saturated rings. The zero-order valence-electron chi connectivity index (χ0n) is 14.0. The van der Waals surface area contributed by atoms with Crippen molar-refractivity contribution in [1.29, 1.82) is 0 Å². The number of aryl methyl sites for hydroxylation is 1. The van der Waals surface area contributed by atoms with Crippen LogP contribution in [0.15, 0.2) is 18.2 Å².